The van der Waals surface area contributed by atoms with Crippen LogP contribution in [-0.2, 0) is 14.8 Å². The minimum absolute atomic E-state index is 0.190. The van der Waals surface area contributed by atoms with Crippen LogP contribution >= 0.6 is 22.9 Å². The fraction of sp³-hybridized carbons (Fsp3) is 0.200. The highest BCUT2D eigenvalue weighted by atomic mass is 35.5. The second-order valence-corrected chi connectivity index (χ2v) is 9.75. The van der Waals surface area contributed by atoms with Gasteiger partial charge in [0.25, 0.3) is 0 Å². The van der Waals surface area contributed by atoms with Gasteiger partial charge in [0.2, 0.25) is 15.9 Å². The Morgan fingerprint density at radius 3 is 2.62 bits per heavy atom. The summed E-state index contributed by atoms with van der Waals surface area (Å²) >= 11 is 7.48. The van der Waals surface area contributed by atoms with Crippen LogP contribution in [0.4, 0.5) is 5.13 Å². The first-order valence-electron chi connectivity index (χ1n) is 9.05. The lowest BCUT2D eigenvalue weighted by atomic mass is 10.2. The molecule has 1 atom stereocenters. The predicted octanol–water partition coefficient (Wildman–Crippen LogP) is 4.26. The molecule has 1 aliphatic rings. The Balaban J connectivity index is 1.52. The molecule has 0 radical (unpaired) electrons. The Bertz CT molecular complexity index is 1130. The van der Waals surface area contributed by atoms with E-state index in [2.05, 4.69) is 10.3 Å². The Kier molecular flexibility index (Phi) is 5.69. The molecule has 0 bridgehead atoms. The van der Waals surface area contributed by atoms with Gasteiger partial charge in [-0.2, -0.15) is 4.31 Å². The van der Waals surface area contributed by atoms with Gasteiger partial charge in [0.1, 0.15) is 6.04 Å². The molecule has 1 aliphatic heterocycles. The number of benzene rings is 2. The molecule has 4 rings (SSSR count). The van der Waals surface area contributed by atoms with E-state index in [1.807, 2.05) is 23.6 Å². The summed E-state index contributed by atoms with van der Waals surface area (Å²) in [6.07, 6.45) is 1.10. The molecule has 0 saturated carbocycles. The van der Waals surface area contributed by atoms with Crippen LogP contribution in [0.15, 0.2) is 64.9 Å². The Morgan fingerprint density at radius 2 is 1.86 bits per heavy atom. The summed E-state index contributed by atoms with van der Waals surface area (Å²) in [5.74, 6) is -0.373. The molecule has 1 aromatic heterocycles. The van der Waals surface area contributed by atoms with Crippen molar-refractivity contribution in [3.8, 4) is 11.3 Å². The fourth-order valence-corrected chi connectivity index (χ4v) is 5.95. The van der Waals surface area contributed by atoms with Crippen LogP contribution in [0.5, 0.6) is 0 Å². The summed E-state index contributed by atoms with van der Waals surface area (Å²) in [7, 11) is -3.73. The van der Waals surface area contributed by atoms with Crippen LogP contribution < -0.4 is 5.32 Å². The van der Waals surface area contributed by atoms with Crippen molar-refractivity contribution >= 4 is 44.0 Å². The number of carbonyl (C=O) groups excluding carboxylic acids is 1. The molecular weight excluding hydrogens is 430 g/mol. The van der Waals surface area contributed by atoms with Gasteiger partial charge in [-0.25, -0.2) is 13.4 Å². The van der Waals surface area contributed by atoms with E-state index in [-0.39, 0.29) is 10.8 Å². The number of hydrogen-bond donors (Lipinski definition) is 1. The van der Waals surface area contributed by atoms with Crippen molar-refractivity contribution in [2.24, 2.45) is 0 Å². The van der Waals surface area contributed by atoms with Crippen molar-refractivity contribution in [3.05, 3.63) is 65.0 Å². The highest BCUT2D eigenvalue weighted by Crippen LogP contribution is 2.31. The number of aromatic nitrogens is 1. The highest BCUT2D eigenvalue weighted by molar-refractivity contribution is 7.89. The van der Waals surface area contributed by atoms with Gasteiger partial charge in [0, 0.05) is 22.5 Å². The zero-order valence-electron chi connectivity index (χ0n) is 15.3. The standard InChI is InChI=1S/C20H18ClN3O3S2/c21-16-10-5-4-9-15(16)17-13-28-20(22-17)23-19(25)18-11-6-12-24(18)29(26,27)14-7-2-1-3-8-14/h1-5,7-10,13,18H,6,11-12H2,(H,22,23,25). The normalized spacial score (nSPS) is 17.3. The van der Waals surface area contributed by atoms with Gasteiger partial charge in [-0.05, 0) is 31.0 Å². The Morgan fingerprint density at radius 1 is 1.14 bits per heavy atom. The molecule has 1 amide bonds. The summed E-state index contributed by atoms with van der Waals surface area (Å²) in [6.45, 7) is 0.318. The van der Waals surface area contributed by atoms with Gasteiger partial charge in [-0.1, -0.05) is 48.0 Å². The lowest BCUT2D eigenvalue weighted by Crippen LogP contribution is -2.43. The van der Waals surface area contributed by atoms with E-state index in [9.17, 15) is 13.2 Å². The lowest BCUT2D eigenvalue weighted by molar-refractivity contribution is -0.119. The summed E-state index contributed by atoms with van der Waals surface area (Å²) in [4.78, 5) is 17.5. The monoisotopic (exact) mass is 447 g/mol. The quantitative estimate of drug-likeness (QED) is 0.633. The minimum Gasteiger partial charge on any atom is -0.301 e. The largest absolute Gasteiger partial charge is 0.301 e. The van der Waals surface area contributed by atoms with E-state index in [4.69, 9.17) is 11.6 Å². The maximum absolute atomic E-state index is 12.9. The molecule has 6 nitrogen and oxygen atoms in total. The molecule has 0 spiro atoms. The number of carbonyl (C=O) groups is 1. The topological polar surface area (TPSA) is 79.4 Å². The van der Waals surface area contributed by atoms with Gasteiger partial charge < -0.3 is 5.32 Å². The second kappa shape index (κ2) is 8.23. The van der Waals surface area contributed by atoms with Crippen molar-refractivity contribution in [2.75, 3.05) is 11.9 Å². The van der Waals surface area contributed by atoms with E-state index in [1.165, 1.54) is 15.6 Å². The van der Waals surface area contributed by atoms with Gasteiger partial charge in [-0.15, -0.1) is 11.3 Å². The van der Waals surface area contributed by atoms with Crippen molar-refractivity contribution in [1.82, 2.24) is 9.29 Å². The lowest BCUT2D eigenvalue weighted by Gasteiger charge is -2.23. The smallest absolute Gasteiger partial charge is 0.244 e. The van der Waals surface area contributed by atoms with Gasteiger partial charge in [-0.3, -0.25) is 4.79 Å². The third-order valence-corrected chi connectivity index (χ3v) is 7.75. The van der Waals surface area contributed by atoms with Crippen LogP contribution in [0.2, 0.25) is 5.02 Å². The molecule has 2 heterocycles. The van der Waals surface area contributed by atoms with Crippen LogP contribution in [0.25, 0.3) is 11.3 Å². The molecule has 1 saturated heterocycles. The third-order valence-electron chi connectivity index (χ3n) is 4.74. The van der Waals surface area contributed by atoms with Crippen molar-refractivity contribution < 1.29 is 13.2 Å². The van der Waals surface area contributed by atoms with E-state index >= 15 is 0 Å². The van der Waals surface area contributed by atoms with Crippen LogP contribution in [0, 0.1) is 0 Å². The van der Waals surface area contributed by atoms with Crippen molar-refractivity contribution in [1.29, 1.82) is 0 Å². The van der Waals surface area contributed by atoms with Gasteiger partial charge in [0.15, 0.2) is 5.13 Å². The van der Waals surface area contributed by atoms with E-state index < -0.39 is 16.1 Å². The first-order chi connectivity index (χ1) is 14.0. The molecule has 1 N–H and O–H groups in total. The number of thiazole rings is 1. The van der Waals surface area contributed by atoms with Gasteiger partial charge in [0.05, 0.1) is 10.6 Å². The molecule has 3 aromatic rings. The highest BCUT2D eigenvalue weighted by Gasteiger charge is 2.39. The summed E-state index contributed by atoms with van der Waals surface area (Å²) in [5, 5.41) is 5.56. The average molecular weight is 448 g/mol. The molecular formula is C20H18ClN3O3S2. The van der Waals surface area contributed by atoms with E-state index in [1.54, 1.807) is 36.4 Å². The number of rotatable bonds is 5. The van der Waals surface area contributed by atoms with Crippen molar-refractivity contribution in [2.45, 2.75) is 23.8 Å². The first-order valence-corrected chi connectivity index (χ1v) is 11.7. The molecule has 29 heavy (non-hydrogen) atoms. The first kappa shape index (κ1) is 20.0. The number of sulfonamides is 1. The number of nitrogens with zero attached hydrogens (tertiary/aromatic N) is 2. The predicted molar refractivity (Wildman–Crippen MR) is 115 cm³/mol. The number of anilines is 1. The molecule has 1 fully saturated rings. The van der Waals surface area contributed by atoms with Crippen LogP contribution in [0.3, 0.4) is 0 Å². The van der Waals surface area contributed by atoms with E-state index in [0.29, 0.717) is 35.2 Å². The Labute approximate surface area is 178 Å². The molecule has 1 unspecified atom stereocenters. The zero-order valence-corrected chi connectivity index (χ0v) is 17.7. The maximum Gasteiger partial charge on any atom is 0.244 e. The van der Waals surface area contributed by atoms with Gasteiger partial charge >= 0.3 is 0 Å². The average Bonchev–Trinajstić information content (AvgIpc) is 3.39. The number of halogens is 1. The maximum atomic E-state index is 12.9. The summed E-state index contributed by atoms with van der Waals surface area (Å²) in [5.41, 5.74) is 1.44. The molecule has 2 aromatic carbocycles. The number of hydrogen-bond acceptors (Lipinski definition) is 5. The second-order valence-electron chi connectivity index (χ2n) is 6.59. The molecule has 9 heteroatoms. The number of nitrogens with one attached hydrogen (secondary N) is 1. The molecule has 150 valence electrons. The van der Waals surface area contributed by atoms with Crippen molar-refractivity contribution in [3.63, 3.8) is 0 Å². The van der Waals surface area contributed by atoms with Crippen LogP contribution in [-0.4, -0.2) is 36.2 Å². The summed E-state index contributed by atoms with van der Waals surface area (Å²) < 4.78 is 27.2. The zero-order chi connectivity index (χ0) is 20.4. The minimum atomic E-state index is -3.73. The number of amides is 1. The fourth-order valence-electron chi connectivity index (χ4n) is 3.33. The van der Waals surface area contributed by atoms with E-state index in [0.717, 1.165) is 5.56 Å². The molecule has 0 aliphatic carbocycles. The SMILES string of the molecule is O=C(Nc1nc(-c2ccccc2Cl)cs1)C1CCCN1S(=O)(=O)c1ccccc1. The summed E-state index contributed by atoms with van der Waals surface area (Å²) in [6, 6.07) is 14.8. The Hall–Kier alpha value is -2.26. The van der Waals surface area contributed by atoms with Crippen LogP contribution in [0.1, 0.15) is 12.8 Å². The third kappa shape index (κ3) is 4.06.